The van der Waals surface area contributed by atoms with E-state index in [1.807, 2.05) is 20.9 Å². The second kappa shape index (κ2) is 26.8. The van der Waals surface area contributed by atoms with E-state index in [0.717, 1.165) is 19.4 Å². The Balaban J connectivity index is 0. The van der Waals surface area contributed by atoms with E-state index in [1.165, 1.54) is 26.2 Å². The van der Waals surface area contributed by atoms with Crippen molar-refractivity contribution in [3.05, 3.63) is 0 Å². The van der Waals surface area contributed by atoms with Gasteiger partial charge in [0.25, 0.3) is 0 Å². The molecule has 0 fully saturated rings. The maximum absolute atomic E-state index is 11.7. The zero-order valence-corrected chi connectivity index (χ0v) is 19.1. The molecule has 0 saturated heterocycles. The Morgan fingerprint density at radius 2 is 1.14 bits per heavy atom. The van der Waals surface area contributed by atoms with Gasteiger partial charge in [0.1, 0.15) is 0 Å². The van der Waals surface area contributed by atoms with Crippen LogP contribution in [0, 0.1) is 0 Å². The van der Waals surface area contributed by atoms with Crippen molar-refractivity contribution in [2.24, 2.45) is 0 Å². The van der Waals surface area contributed by atoms with Crippen LogP contribution >= 0.6 is 0 Å². The lowest BCUT2D eigenvalue weighted by Crippen LogP contribution is -2.27. The van der Waals surface area contributed by atoms with Gasteiger partial charge in [-0.25, -0.2) is 0 Å². The number of nitrogens with one attached hydrogen (secondary N) is 3. The van der Waals surface area contributed by atoms with Gasteiger partial charge in [-0.15, -0.1) is 0 Å². The van der Waals surface area contributed by atoms with Crippen LogP contribution in [-0.4, -0.2) is 78.1 Å². The molecule has 0 aliphatic rings. The molecule has 0 aliphatic heterocycles. The third kappa shape index (κ3) is 29.1. The Kier molecular flexibility index (Phi) is 27.7. The lowest BCUT2D eigenvalue weighted by molar-refractivity contribution is -0.121. The molecule has 0 saturated carbocycles. The van der Waals surface area contributed by atoms with Crippen LogP contribution in [0.4, 0.5) is 0 Å². The number of unbranched alkanes of at least 4 members (excludes halogenated alkanes) is 4. The fourth-order valence-electron chi connectivity index (χ4n) is 2.31. The molecule has 0 aromatic heterocycles. The van der Waals surface area contributed by atoms with Crippen LogP contribution < -0.4 is 16.0 Å². The molecule has 174 valence electrons. The summed E-state index contributed by atoms with van der Waals surface area (Å²) in [5.41, 5.74) is 0. The average Bonchev–Trinajstić information content (AvgIpc) is 2.72. The highest BCUT2D eigenvalue weighted by Gasteiger charge is 2.00. The van der Waals surface area contributed by atoms with Crippen molar-refractivity contribution in [2.75, 3.05) is 66.3 Å². The first-order valence-electron chi connectivity index (χ1n) is 11.1. The summed E-state index contributed by atoms with van der Waals surface area (Å²) in [6, 6.07) is 0. The first-order chi connectivity index (χ1) is 14.2. The minimum absolute atomic E-state index is 0.0565. The van der Waals surface area contributed by atoms with Gasteiger partial charge >= 0.3 is 0 Å². The SMILES string of the molecule is CC.CNCCCCCCCC(=O)NCCOCCOCCOCCNC(C)=O. The second-order valence-corrected chi connectivity index (χ2v) is 6.29. The monoisotopic (exact) mass is 419 g/mol. The molecule has 0 radical (unpaired) electrons. The van der Waals surface area contributed by atoms with Gasteiger partial charge in [0, 0.05) is 26.4 Å². The largest absolute Gasteiger partial charge is 0.377 e. The number of hydrogen-bond acceptors (Lipinski definition) is 6. The van der Waals surface area contributed by atoms with Gasteiger partial charge in [-0.3, -0.25) is 9.59 Å². The molecule has 8 heteroatoms. The molecule has 0 heterocycles. The van der Waals surface area contributed by atoms with Crippen molar-refractivity contribution >= 4 is 11.8 Å². The quantitative estimate of drug-likeness (QED) is 0.261. The summed E-state index contributed by atoms with van der Waals surface area (Å²) in [4.78, 5) is 22.3. The third-order valence-electron chi connectivity index (χ3n) is 3.76. The Morgan fingerprint density at radius 3 is 1.69 bits per heavy atom. The zero-order chi connectivity index (χ0) is 22.0. The van der Waals surface area contributed by atoms with Gasteiger partial charge in [-0.2, -0.15) is 0 Å². The summed E-state index contributed by atoms with van der Waals surface area (Å²) in [6.07, 6.45) is 6.28. The maximum Gasteiger partial charge on any atom is 0.220 e. The van der Waals surface area contributed by atoms with Crippen LogP contribution in [0.1, 0.15) is 59.3 Å². The van der Waals surface area contributed by atoms with Crippen molar-refractivity contribution in [3.8, 4) is 0 Å². The van der Waals surface area contributed by atoms with Crippen molar-refractivity contribution in [1.82, 2.24) is 16.0 Å². The Labute approximate surface area is 177 Å². The second-order valence-electron chi connectivity index (χ2n) is 6.29. The first-order valence-corrected chi connectivity index (χ1v) is 11.1. The van der Waals surface area contributed by atoms with Crippen LogP contribution in [0.3, 0.4) is 0 Å². The Morgan fingerprint density at radius 1 is 0.655 bits per heavy atom. The van der Waals surface area contributed by atoms with Crippen molar-refractivity contribution < 1.29 is 23.8 Å². The van der Waals surface area contributed by atoms with Gasteiger partial charge in [0.15, 0.2) is 0 Å². The van der Waals surface area contributed by atoms with Crippen molar-refractivity contribution in [3.63, 3.8) is 0 Å². The molecule has 29 heavy (non-hydrogen) atoms. The molecule has 0 bridgehead atoms. The minimum Gasteiger partial charge on any atom is -0.377 e. The molecular weight excluding hydrogens is 374 g/mol. The summed E-state index contributed by atoms with van der Waals surface area (Å²) in [7, 11) is 1.97. The molecule has 0 spiro atoms. The Bertz CT molecular complexity index is 357. The number of ether oxygens (including phenoxy) is 3. The molecule has 0 rings (SSSR count). The summed E-state index contributed by atoms with van der Waals surface area (Å²) in [5, 5.41) is 8.65. The van der Waals surface area contributed by atoms with Crippen molar-refractivity contribution in [2.45, 2.75) is 59.3 Å². The molecule has 3 N–H and O–H groups in total. The molecule has 0 unspecified atom stereocenters. The van der Waals surface area contributed by atoms with Crippen LogP contribution in [-0.2, 0) is 23.8 Å². The van der Waals surface area contributed by atoms with Crippen LogP contribution in [0.2, 0.25) is 0 Å². The van der Waals surface area contributed by atoms with Crippen molar-refractivity contribution in [1.29, 1.82) is 0 Å². The highest BCUT2D eigenvalue weighted by atomic mass is 16.5. The van der Waals surface area contributed by atoms with Gasteiger partial charge in [-0.1, -0.05) is 33.1 Å². The predicted octanol–water partition coefficient (Wildman–Crippen LogP) is 1.87. The van der Waals surface area contributed by atoms with Crippen LogP contribution in [0.5, 0.6) is 0 Å². The van der Waals surface area contributed by atoms with E-state index in [0.29, 0.717) is 59.2 Å². The van der Waals surface area contributed by atoms with E-state index in [2.05, 4.69) is 16.0 Å². The van der Waals surface area contributed by atoms with E-state index >= 15 is 0 Å². The standard InChI is InChI=1S/C19H39N3O5.C2H6/c1-18(23)21-10-12-25-14-16-27-17-15-26-13-11-22-19(24)8-6-4-3-5-7-9-20-2;1-2/h20H,3-17H2,1-2H3,(H,21,23)(H,22,24);1-2H3. The summed E-state index contributed by atoms with van der Waals surface area (Å²) in [5.74, 6) is 0.0421. The van der Waals surface area contributed by atoms with E-state index in [4.69, 9.17) is 14.2 Å². The summed E-state index contributed by atoms with van der Waals surface area (Å²) in [6.45, 7) is 10.5. The van der Waals surface area contributed by atoms with E-state index in [-0.39, 0.29) is 11.8 Å². The van der Waals surface area contributed by atoms with Gasteiger partial charge in [0.05, 0.1) is 39.6 Å². The first kappa shape index (κ1) is 30.0. The zero-order valence-electron chi connectivity index (χ0n) is 19.1. The molecule has 0 aromatic rings. The van der Waals surface area contributed by atoms with E-state index < -0.39 is 0 Å². The molecule has 8 nitrogen and oxygen atoms in total. The third-order valence-corrected chi connectivity index (χ3v) is 3.76. The van der Waals surface area contributed by atoms with E-state index in [1.54, 1.807) is 0 Å². The molecule has 0 atom stereocenters. The molecule has 2 amide bonds. The fraction of sp³-hybridized carbons (Fsp3) is 0.905. The number of carbonyl (C=O) groups is 2. The Hall–Kier alpha value is -1.22. The molecular formula is C21H45N3O5. The molecule has 0 aromatic carbocycles. The fourth-order valence-corrected chi connectivity index (χ4v) is 2.31. The minimum atomic E-state index is -0.0565. The topological polar surface area (TPSA) is 97.9 Å². The highest BCUT2D eigenvalue weighted by Crippen LogP contribution is 2.04. The highest BCUT2D eigenvalue weighted by molar-refractivity contribution is 5.75. The summed E-state index contributed by atoms with van der Waals surface area (Å²) >= 11 is 0. The summed E-state index contributed by atoms with van der Waals surface area (Å²) < 4.78 is 16.1. The number of amides is 2. The van der Waals surface area contributed by atoms with E-state index in [9.17, 15) is 9.59 Å². The number of hydrogen-bond donors (Lipinski definition) is 3. The maximum atomic E-state index is 11.7. The van der Waals surface area contributed by atoms with Crippen LogP contribution in [0.15, 0.2) is 0 Å². The predicted molar refractivity (Wildman–Crippen MR) is 117 cm³/mol. The number of rotatable bonds is 20. The normalized spacial score (nSPS) is 10.2. The lowest BCUT2D eigenvalue weighted by atomic mass is 10.1. The van der Waals surface area contributed by atoms with Crippen LogP contribution in [0.25, 0.3) is 0 Å². The smallest absolute Gasteiger partial charge is 0.220 e. The van der Waals surface area contributed by atoms with Gasteiger partial charge < -0.3 is 30.2 Å². The van der Waals surface area contributed by atoms with Gasteiger partial charge in [0.2, 0.25) is 11.8 Å². The molecule has 0 aliphatic carbocycles. The lowest BCUT2D eigenvalue weighted by Gasteiger charge is -2.08. The average molecular weight is 420 g/mol. The van der Waals surface area contributed by atoms with Gasteiger partial charge in [-0.05, 0) is 26.4 Å². The number of carbonyl (C=O) groups excluding carboxylic acids is 2.